The lowest BCUT2D eigenvalue weighted by Gasteiger charge is -2.11. The van der Waals surface area contributed by atoms with Crippen molar-refractivity contribution in [1.82, 2.24) is 4.98 Å². The number of rotatable bonds is 3. The van der Waals surface area contributed by atoms with E-state index in [1.165, 1.54) is 0 Å². The van der Waals surface area contributed by atoms with Gasteiger partial charge in [-0.25, -0.2) is 0 Å². The first-order chi connectivity index (χ1) is 8.16. The highest BCUT2D eigenvalue weighted by atomic mass is 35.5. The molecule has 0 spiro atoms. The van der Waals surface area contributed by atoms with E-state index in [0.717, 1.165) is 11.1 Å². The Kier molecular flexibility index (Phi) is 3.77. The first-order valence-corrected chi connectivity index (χ1v) is 5.88. The minimum Gasteiger partial charge on any atom is -0.386 e. The van der Waals surface area contributed by atoms with Crippen molar-refractivity contribution in [3.63, 3.8) is 0 Å². The zero-order valence-corrected chi connectivity index (χ0v) is 10.4. The highest BCUT2D eigenvalue weighted by Gasteiger charge is 2.11. The van der Waals surface area contributed by atoms with Gasteiger partial charge in [-0.3, -0.25) is 4.98 Å². The summed E-state index contributed by atoms with van der Waals surface area (Å²) in [5.74, 6) is 0. The monoisotopic (exact) mass is 247 g/mol. The van der Waals surface area contributed by atoms with E-state index in [1.54, 1.807) is 6.20 Å². The maximum absolute atomic E-state index is 10.1. The van der Waals surface area contributed by atoms with E-state index in [2.05, 4.69) is 4.98 Å². The molecule has 0 saturated carbocycles. The van der Waals surface area contributed by atoms with E-state index >= 15 is 0 Å². The van der Waals surface area contributed by atoms with Crippen LogP contribution in [0.3, 0.4) is 0 Å². The fourth-order valence-corrected chi connectivity index (χ4v) is 1.87. The SMILES string of the molecule is Cc1ccc(C(O)Cc2ccccc2Cl)nc1. The summed E-state index contributed by atoms with van der Waals surface area (Å²) in [5, 5.41) is 10.7. The number of aryl methyl sites for hydroxylation is 1. The van der Waals surface area contributed by atoms with Crippen molar-refractivity contribution in [2.24, 2.45) is 0 Å². The maximum atomic E-state index is 10.1. The molecular formula is C14H14ClNO. The van der Waals surface area contributed by atoms with Crippen molar-refractivity contribution in [2.45, 2.75) is 19.4 Å². The third kappa shape index (κ3) is 3.05. The fraction of sp³-hybridized carbons (Fsp3) is 0.214. The zero-order valence-electron chi connectivity index (χ0n) is 9.60. The van der Waals surface area contributed by atoms with Crippen LogP contribution in [-0.4, -0.2) is 10.1 Å². The van der Waals surface area contributed by atoms with Gasteiger partial charge in [0.2, 0.25) is 0 Å². The Morgan fingerprint density at radius 1 is 1.24 bits per heavy atom. The van der Waals surface area contributed by atoms with Gasteiger partial charge in [0.15, 0.2) is 0 Å². The molecule has 2 aromatic rings. The summed E-state index contributed by atoms with van der Waals surface area (Å²) in [6.07, 6.45) is 1.62. The zero-order chi connectivity index (χ0) is 12.3. The van der Waals surface area contributed by atoms with Crippen LogP contribution >= 0.6 is 11.6 Å². The Morgan fingerprint density at radius 3 is 2.65 bits per heavy atom. The molecule has 0 aliphatic carbocycles. The summed E-state index contributed by atoms with van der Waals surface area (Å²) in [7, 11) is 0. The number of aromatic nitrogens is 1. The first-order valence-electron chi connectivity index (χ1n) is 5.51. The number of halogens is 1. The number of hydrogen-bond donors (Lipinski definition) is 1. The second kappa shape index (κ2) is 5.30. The summed E-state index contributed by atoms with van der Waals surface area (Å²) in [5.41, 5.74) is 2.69. The van der Waals surface area contributed by atoms with Gasteiger partial charge < -0.3 is 5.11 Å². The predicted molar refractivity (Wildman–Crippen MR) is 69.1 cm³/mol. The topological polar surface area (TPSA) is 33.1 Å². The molecule has 0 aliphatic heterocycles. The summed E-state index contributed by atoms with van der Waals surface area (Å²) >= 11 is 6.05. The Labute approximate surface area is 106 Å². The lowest BCUT2D eigenvalue weighted by atomic mass is 10.0. The molecule has 0 radical (unpaired) electrons. The molecule has 1 N–H and O–H groups in total. The Morgan fingerprint density at radius 2 is 2.00 bits per heavy atom. The Hall–Kier alpha value is -1.38. The van der Waals surface area contributed by atoms with E-state index < -0.39 is 6.10 Å². The van der Waals surface area contributed by atoms with Gasteiger partial charge in [-0.05, 0) is 30.2 Å². The van der Waals surface area contributed by atoms with E-state index in [9.17, 15) is 5.11 Å². The Bertz CT molecular complexity index is 496. The van der Waals surface area contributed by atoms with Gasteiger partial charge in [-0.15, -0.1) is 0 Å². The molecule has 1 atom stereocenters. The number of nitrogens with zero attached hydrogens (tertiary/aromatic N) is 1. The highest BCUT2D eigenvalue weighted by Crippen LogP contribution is 2.22. The summed E-state index contributed by atoms with van der Waals surface area (Å²) in [6, 6.07) is 11.3. The first kappa shape index (κ1) is 12.1. The van der Waals surface area contributed by atoms with Crippen molar-refractivity contribution >= 4 is 11.6 Å². The van der Waals surface area contributed by atoms with Crippen LogP contribution in [0.4, 0.5) is 0 Å². The van der Waals surface area contributed by atoms with Crippen LogP contribution in [0, 0.1) is 6.92 Å². The van der Waals surface area contributed by atoms with Gasteiger partial charge in [-0.1, -0.05) is 35.9 Å². The van der Waals surface area contributed by atoms with Crippen LogP contribution in [0.25, 0.3) is 0 Å². The minimum atomic E-state index is -0.615. The Balaban J connectivity index is 2.14. The lowest BCUT2D eigenvalue weighted by molar-refractivity contribution is 0.173. The maximum Gasteiger partial charge on any atom is 0.1000 e. The van der Waals surface area contributed by atoms with Gasteiger partial charge in [0, 0.05) is 17.6 Å². The molecule has 0 fully saturated rings. The summed E-state index contributed by atoms with van der Waals surface area (Å²) < 4.78 is 0. The van der Waals surface area contributed by atoms with E-state index in [1.807, 2.05) is 43.3 Å². The number of hydrogen-bond acceptors (Lipinski definition) is 2. The van der Waals surface area contributed by atoms with Crippen LogP contribution < -0.4 is 0 Å². The summed E-state index contributed by atoms with van der Waals surface area (Å²) in [4.78, 5) is 4.21. The van der Waals surface area contributed by atoms with Crippen LogP contribution in [0.5, 0.6) is 0 Å². The van der Waals surface area contributed by atoms with Crippen molar-refractivity contribution in [2.75, 3.05) is 0 Å². The molecular weight excluding hydrogens is 234 g/mol. The molecule has 2 rings (SSSR count). The third-order valence-electron chi connectivity index (χ3n) is 2.65. The molecule has 1 aromatic heterocycles. The second-order valence-corrected chi connectivity index (χ2v) is 4.48. The largest absolute Gasteiger partial charge is 0.386 e. The van der Waals surface area contributed by atoms with E-state index in [-0.39, 0.29) is 0 Å². The van der Waals surface area contributed by atoms with Crippen molar-refractivity contribution in [1.29, 1.82) is 0 Å². The molecule has 0 amide bonds. The molecule has 1 heterocycles. The normalized spacial score (nSPS) is 12.4. The molecule has 17 heavy (non-hydrogen) atoms. The van der Waals surface area contributed by atoms with Crippen molar-refractivity contribution in [3.05, 3.63) is 64.4 Å². The molecule has 1 aromatic carbocycles. The van der Waals surface area contributed by atoms with Gasteiger partial charge >= 0.3 is 0 Å². The number of pyridine rings is 1. The van der Waals surface area contributed by atoms with Crippen LogP contribution in [0.1, 0.15) is 22.9 Å². The van der Waals surface area contributed by atoms with E-state index in [0.29, 0.717) is 17.1 Å². The third-order valence-corrected chi connectivity index (χ3v) is 3.02. The average molecular weight is 248 g/mol. The van der Waals surface area contributed by atoms with Gasteiger partial charge in [-0.2, -0.15) is 0 Å². The number of benzene rings is 1. The van der Waals surface area contributed by atoms with Crippen LogP contribution in [0.15, 0.2) is 42.6 Å². The van der Waals surface area contributed by atoms with Gasteiger partial charge in [0.1, 0.15) is 0 Å². The molecule has 0 aliphatic rings. The standard InChI is InChI=1S/C14H14ClNO/c1-10-6-7-13(16-9-10)14(17)8-11-4-2-3-5-12(11)15/h2-7,9,14,17H,8H2,1H3. The number of aliphatic hydroxyl groups is 1. The summed E-state index contributed by atoms with van der Waals surface area (Å²) in [6.45, 7) is 1.97. The molecule has 1 unspecified atom stereocenters. The highest BCUT2D eigenvalue weighted by molar-refractivity contribution is 6.31. The average Bonchev–Trinajstić information content (AvgIpc) is 2.33. The van der Waals surface area contributed by atoms with Crippen LogP contribution in [-0.2, 0) is 6.42 Å². The molecule has 0 bridgehead atoms. The lowest BCUT2D eigenvalue weighted by Crippen LogP contribution is -2.04. The molecule has 0 saturated heterocycles. The fourth-order valence-electron chi connectivity index (χ4n) is 1.65. The van der Waals surface area contributed by atoms with Crippen LogP contribution in [0.2, 0.25) is 5.02 Å². The van der Waals surface area contributed by atoms with Crippen molar-refractivity contribution < 1.29 is 5.11 Å². The number of aliphatic hydroxyl groups excluding tert-OH is 1. The van der Waals surface area contributed by atoms with Crippen molar-refractivity contribution in [3.8, 4) is 0 Å². The predicted octanol–water partition coefficient (Wildman–Crippen LogP) is 3.32. The van der Waals surface area contributed by atoms with Gasteiger partial charge in [0.25, 0.3) is 0 Å². The van der Waals surface area contributed by atoms with E-state index in [4.69, 9.17) is 11.6 Å². The smallest absolute Gasteiger partial charge is 0.1000 e. The molecule has 88 valence electrons. The quantitative estimate of drug-likeness (QED) is 0.903. The molecule has 2 nitrogen and oxygen atoms in total. The minimum absolute atomic E-state index is 0.482. The molecule has 3 heteroatoms. The second-order valence-electron chi connectivity index (χ2n) is 4.07. The van der Waals surface area contributed by atoms with Gasteiger partial charge in [0.05, 0.1) is 11.8 Å².